The summed E-state index contributed by atoms with van der Waals surface area (Å²) in [7, 11) is 1.53. The summed E-state index contributed by atoms with van der Waals surface area (Å²) >= 11 is 0. The highest BCUT2D eigenvalue weighted by atomic mass is 16.5. The van der Waals surface area contributed by atoms with Gasteiger partial charge in [0.1, 0.15) is 6.61 Å². The van der Waals surface area contributed by atoms with Gasteiger partial charge in [0.15, 0.2) is 5.78 Å². The first-order chi connectivity index (χ1) is 6.76. The third-order valence-electron chi connectivity index (χ3n) is 2.57. The molecule has 1 aliphatic rings. The zero-order valence-electron chi connectivity index (χ0n) is 8.74. The highest BCUT2D eigenvalue weighted by Crippen LogP contribution is 2.15. The molecule has 1 aliphatic heterocycles. The van der Waals surface area contributed by atoms with Crippen LogP contribution in [-0.2, 0) is 9.53 Å². The minimum Gasteiger partial charge on any atom is -0.396 e. The van der Waals surface area contributed by atoms with Gasteiger partial charge < -0.3 is 9.84 Å². The first-order valence-electron chi connectivity index (χ1n) is 5.10. The number of nitrogens with zero attached hydrogens (tertiary/aromatic N) is 1. The first-order valence-corrected chi connectivity index (χ1v) is 5.10. The molecule has 1 saturated heterocycles. The first kappa shape index (κ1) is 11.6. The van der Waals surface area contributed by atoms with Gasteiger partial charge in [-0.1, -0.05) is 0 Å². The van der Waals surface area contributed by atoms with Crippen molar-refractivity contribution in [2.75, 3.05) is 40.0 Å². The fourth-order valence-corrected chi connectivity index (χ4v) is 1.90. The van der Waals surface area contributed by atoms with Crippen molar-refractivity contribution in [1.29, 1.82) is 0 Å². The van der Waals surface area contributed by atoms with Crippen LogP contribution >= 0.6 is 0 Å². The van der Waals surface area contributed by atoms with Gasteiger partial charge in [0.2, 0.25) is 0 Å². The predicted octanol–water partition coefficient (Wildman–Crippen LogP) is -0.0938. The molecule has 1 atom stereocenters. The standard InChI is InChI=1S/C10H19NO3/c1-14-8-10(13)6-11-4-2-3-9(5-11)7-12/h9,12H,2-8H2,1H3. The number of carbonyl (C=O) groups excluding carboxylic acids is 1. The zero-order chi connectivity index (χ0) is 10.4. The maximum atomic E-state index is 11.3. The third-order valence-corrected chi connectivity index (χ3v) is 2.57. The fourth-order valence-electron chi connectivity index (χ4n) is 1.90. The molecule has 1 fully saturated rings. The topological polar surface area (TPSA) is 49.8 Å². The van der Waals surface area contributed by atoms with E-state index >= 15 is 0 Å². The molecule has 0 aromatic rings. The van der Waals surface area contributed by atoms with Crippen LogP contribution in [-0.4, -0.2) is 55.7 Å². The van der Waals surface area contributed by atoms with Crippen LogP contribution in [0.5, 0.6) is 0 Å². The normalized spacial score (nSPS) is 23.7. The number of aliphatic hydroxyl groups excluding tert-OH is 1. The fraction of sp³-hybridized carbons (Fsp3) is 0.900. The Kier molecular flexibility index (Phi) is 5.07. The molecule has 4 heteroatoms. The van der Waals surface area contributed by atoms with Crippen LogP contribution < -0.4 is 0 Å². The summed E-state index contributed by atoms with van der Waals surface area (Å²) in [4.78, 5) is 13.4. The molecule has 0 spiro atoms. The summed E-state index contributed by atoms with van der Waals surface area (Å²) in [5, 5.41) is 9.01. The van der Waals surface area contributed by atoms with Crippen LogP contribution in [0.3, 0.4) is 0 Å². The Morgan fingerprint density at radius 2 is 2.43 bits per heavy atom. The third kappa shape index (κ3) is 3.74. The number of hydrogen-bond donors (Lipinski definition) is 1. The van der Waals surface area contributed by atoms with Crippen LogP contribution in [0.15, 0.2) is 0 Å². The van der Waals surface area contributed by atoms with Crippen molar-refractivity contribution in [3.63, 3.8) is 0 Å². The smallest absolute Gasteiger partial charge is 0.172 e. The quantitative estimate of drug-likeness (QED) is 0.675. The second kappa shape index (κ2) is 6.11. The zero-order valence-corrected chi connectivity index (χ0v) is 8.74. The molecule has 0 aliphatic carbocycles. The van der Waals surface area contributed by atoms with Gasteiger partial charge in [-0.3, -0.25) is 9.69 Å². The lowest BCUT2D eigenvalue weighted by Crippen LogP contribution is -2.40. The Morgan fingerprint density at radius 1 is 1.64 bits per heavy atom. The van der Waals surface area contributed by atoms with E-state index in [0.717, 1.165) is 25.9 Å². The van der Waals surface area contributed by atoms with Crippen molar-refractivity contribution in [2.45, 2.75) is 12.8 Å². The molecule has 1 unspecified atom stereocenters. The Hall–Kier alpha value is -0.450. The van der Waals surface area contributed by atoms with Gasteiger partial charge >= 0.3 is 0 Å². The van der Waals surface area contributed by atoms with Gasteiger partial charge in [-0.25, -0.2) is 0 Å². The summed E-state index contributed by atoms with van der Waals surface area (Å²) in [5.41, 5.74) is 0. The van der Waals surface area contributed by atoms with Gasteiger partial charge in [0.05, 0.1) is 6.54 Å². The van der Waals surface area contributed by atoms with E-state index in [1.807, 2.05) is 0 Å². The average Bonchev–Trinajstić information content (AvgIpc) is 2.18. The predicted molar refractivity (Wildman–Crippen MR) is 53.1 cm³/mol. The second-order valence-electron chi connectivity index (χ2n) is 3.90. The molecule has 0 radical (unpaired) electrons. The molecule has 14 heavy (non-hydrogen) atoms. The van der Waals surface area contributed by atoms with E-state index < -0.39 is 0 Å². The average molecular weight is 201 g/mol. The van der Waals surface area contributed by atoms with E-state index in [1.165, 1.54) is 7.11 Å². The molecule has 1 rings (SSSR count). The van der Waals surface area contributed by atoms with Gasteiger partial charge in [-0.15, -0.1) is 0 Å². The van der Waals surface area contributed by atoms with Crippen molar-refractivity contribution in [3.05, 3.63) is 0 Å². The lowest BCUT2D eigenvalue weighted by molar-refractivity contribution is -0.124. The number of rotatable bonds is 5. The number of likely N-dealkylation sites (tertiary alicyclic amines) is 1. The summed E-state index contributed by atoms with van der Waals surface area (Å²) in [6.07, 6.45) is 2.15. The molecule has 0 saturated carbocycles. The summed E-state index contributed by atoms with van der Waals surface area (Å²) < 4.78 is 4.77. The molecule has 0 aromatic heterocycles. The Balaban J connectivity index is 2.26. The SMILES string of the molecule is COCC(=O)CN1CCCC(CO)C1. The highest BCUT2D eigenvalue weighted by molar-refractivity contribution is 5.81. The highest BCUT2D eigenvalue weighted by Gasteiger charge is 2.20. The van der Waals surface area contributed by atoms with Gasteiger partial charge in [0.25, 0.3) is 0 Å². The van der Waals surface area contributed by atoms with Crippen molar-refractivity contribution in [1.82, 2.24) is 4.90 Å². The summed E-state index contributed by atoms with van der Waals surface area (Å²) in [6.45, 7) is 2.69. The number of methoxy groups -OCH3 is 1. The van der Waals surface area contributed by atoms with E-state index in [-0.39, 0.29) is 19.0 Å². The van der Waals surface area contributed by atoms with Crippen molar-refractivity contribution >= 4 is 5.78 Å². The Morgan fingerprint density at radius 3 is 3.07 bits per heavy atom. The second-order valence-corrected chi connectivity index (χ2v) is 3.90. The van der Waals surface area contributed by atoms with Gasteiger partial charge in [0, 0.05) is 20.3 Å². The lowest BCUT2D eigenvalue weighted by Gasteiger charge is -2.31. The number of aliphatic hydroxyl groups is 1. The lowest BCUT2D eigenvalue weighted by atomic mass is 9.99. The largest absolute Gasteiger partial charge is 0.396 e. The number of ketones is 1. The number of ether oxygens (including phenoxy) is 1. The van der Waals surface area contributed by atoms with E-state index in [0.29, 0.717) is 12.5 Å². The van der Waals surface area contributed by atoms with Gasteiger partial charge in [-0.2, -0.15) is 0 Å². The van der Waals surface area contributed by atoms with Crippen molar-refractivity contribution < 1.29 is 14.6 Å². The van der Waals surface area contributed by atoms with Crippen LogP contribution in [0.2, 0.25) is 0 Å². The van der Waals surface area contributed by atoms with Crippen LogP contribution in [0.1, 0.15) is 12.8 Å². The minimum absolute atomic E-state index is 0.117. The Labute approximate surface area is 84.8 Å². The monoisotopic (exact) mass is 201 g/mol. The molecule has 0 bridgehead atoms. The van der Waals surface area contributed by atoms with Crippen LogP contribution in [0.4, 0.5) is 0 Å². The number of piperidine rings is 1. The molecule has 0 aromatic carbocycles. The summed E-state index contributed by atoms with van der Waals surface area (Å²) in [6, 6.07) is 0. The number of Topliss-reactive ketones (excluding diaryl/α,β-unsaturated/α-hetero) is 1. The van der Waals surface area contributed by atoms with E-state index in [1.54, 1.807) is 0 Å². The van der Waals surface area contributed by atoms with Crippen LogP contribution in [0.25, 0.3) is 0 Å². The van der Waals surface area contributed by atoms with Crippen molar-refractivity contribution in [2.24, 2.45) is 5.92 Å². The minimum atomic E-state index is 0.117. The number of carbonyl (C=O) groups is 1. The Bertz CT molecular complexity index is 184. The maximum absolute atomic E-state index is 11.3. The molecule has 82 valence electrons. The van der Waals surface area contributed by atoms with Crippen molar-refractivity contribution in [3.8, 4) is 0 Å². The van der Waals surface area contributed by atoms with E-state index in [2.05, 4.69) is 4.90 Å². The number of hydrogen-bond acceptors (Lipinski definition) is 4. The maximum Gasteiger partial charge on any atom is 0.172 e. The molecular formula is C10H19NO3. The van der Waals surface area contributed by atoms with Gasteiger partial charge in [-0.05, 0) is 25.3 Å². The molecular weight excluding hydrogens is 182 g/mol. The van der Waals surface area contributed by atoms with E-state index in [9.17, 15) is 4.79 Å². The van der Waals surface area contributed by atoms with Crippen LogP contribution in [0, 0.1) is 5.92 Å². The molecule has 0 amide bonds. The molecule has 1 heterocycles. The molecule has 4 nitrogen and oxygen atoms in total. The molecule has 1 N–H and O–H groups in total. The summed E-state index contributed by atoms with van der Waals surface area (Å²) in [5.74, 6) is 0.463. The van der Waals surface area contributed by atoms with E-state index in [4.69, 9.17) is 9.84 Å².